The fourth-order valence-corrected chi connectivity index (χ4v) is 2.58. The highest BCUT2D eigenvalue weighted by Crippen LogP contribution is 2.36. The van der Waals surface area contributed by atoms with Gasteiger partial charge < -0.3 is 15.1 Å². The predicted molar refractivity (Wildman–Crippen MR) is 85.3 cm³/mol. The Bertz CT molecular complexity index is 796. The minimum atomic E-state index is -4.67. The van der Waals surface area contributed by atoms with Crippen LogP contribution in [0.2, 0.25) is 10.0 Å². The molecule has 0 saturated carbocycles. The summed E-state index contributed by atoms with van der Waals surface area (Å²) in [6, 6.07) is 4.51. The van der Waals surface area contributed by atoms with E-state index in [-0.39, 0.29) is 15.3 Å². The molecule has 1 heterocycles. The topological polar surface area (TPSA) is 127 Å². The average molecular weight is 446 g/mol. The van der Waals surface area contributed by atoms with Crippen LogP contribution in [0.15, 0.2) is 22.8 Å². The van der Waals surface area contributed by atoms with Crippen molar-refractivity contribution in [3.63, 3.8) is 0 Å². The third kappa shape index (κ3) is 5.25. The highest BCUT2D eigenvalue weighted by Gasteiger charge is 2.20. The van der Waals surface area contributed by atoms with Gasteiger partial charge in [-0.2, -0.15) is 4.80 Å². The molecule has 2 rings (SSSR count). The van der Waals surface area contributed by atoms with E-state index in [0.29, 0.717) is 10.7 Å². The van der Waals surface area contributed by atoms with Gasteiger partial charge in [0.2, 0.25) is 0 Å². The highest BCUT2D eigenvalue weighted by molar-refractivity contribution is 9.10. The molecule has 0 radical (unpaired) electrons. The lowest BCUT2D eigenvalue weighted by Crippen LogP contribution is -2.14. The number of benzene rings is 1. The molecule has 0 spiro atoms. The van der Waals surface area contributed by atoms with E-state index < -0.39 is 20.5 Å². The maximum atomic E-state index is 12.1. The van der Waals surface area contributed by atoms with Gasteiger partial charge in [0, 0.05) is 5.02 Å². The lowest BCUT2D eigenvalue weighted by atomic mass is 10.3. The quantitative estimate of drug-likeness (QED) is 0.603. The number of nitrogens with zero attached hydrogens (tertiary/aromatic N) is 3. The van der Waals surface area contributed by atoms with Crippen molar-refractivity contribution >= 4 is 58.5 Å². The highest BCUT2D eigenvalue weighted by atomic mass is 79.9. The van der Waals surface area contributed by atoms with Crippen LogP contribution in [-0.2, 0) is 15.8 Å². The van der Waals surface area contributed by atoms with Crippen LogP contribution in [0.3, 0.4) is 0 Å². The third-order valence-electron chi connectivity index (χ3n) is 2.35. The third-order valence-corrected chi connectivity index (χ3v) is 3.88. The molecule has 0 aliphatic rings. The standard InChI is InChI=1S/C10H8BrCl2N4O5P/c11-9-8(15-17(16-9)4-22-23(19,20)21)10(18)14-7-2-1-5(12)3-6(7)13/h1-3H,4H2,(H,14,18)(H2,19,20,21). The number of hydrogen-bond donors (Lipinski definition) is 3. The second kappa shape index (κ2) is 7.27. The van der Waals surface area contributed by atoms with E-state index >= 15 is 0 Å². The lowest BCUT2D eigenvalue weighted by Gasteiger charge is -2.06. The molecule has 0 saturated heterocycles. The zero-order valence-electron chi connectivity index (χ0n) is 11.0. The molecule has 0 aliphatic heterocycles. The fourth-order valence-electron chi connectivity index (χ4n) is 1.42. The van der Waals surface area contributed by atoms with Crippen molar-refractivity contribution < 1.29 is 23.7 Å². The summed E-state index contributed by atoms with van der Waals surface area (Å²) in [5.74, 6) is -0.636. The number of rotatable bonds is 5. The molecule has 9 nitrogen and oxygen atoms in total. The Morgan fingerprint density at radius 2 is 2.09 bits per heavy atom. The van der Waals surface area contributed by atoms with Crippen LogP contribution >= 0.6 is 47.0 Å². The van der Waals surface area contributed by atoms with Crippen LogP contribution in [0.1, 0.15) is 10.5 Å². The van der Waals surface area contributed by atoms with Crippen LogP contribution in [-0.4, -0.2) is 30.7 Å². The molecule has 0 aliphatic carbocycles. The largest absolute Gasteiger partial charge is 0.471 e. The number of carbonyl (C=O) groups is 1. The summed E-state index contributed by atoms with van der Waals surface area (Å²) < 4.78 is 14.9. The minimum Gasteiger partial charge on any atom is -0.319 e. The SMILES string of the molecule is O=C(Nc1ccc(Cl)cc1Cl)c1nn(COP(=O)(O)O)nc1Br. The van der Waals surface area contributed by atoms with Crippen molar-refractivity contribution in [3.05, 3.63) is 38.5 Å². The number of aromatic nitrogens is 3. The first-order valence-corrected chi connectivity index (χ1v) is 8.81. The Hall–Kier alpha value is -1.00. The number of halogens is 3. The van der Waals surface area contributed by atoms with Crippen LogP contribution < -0.4 is 5.32 Å². The summed E-state index contributed by atoms with van der Waals surface area (Å²) in [5.41, 5.74) is 0.194. The molecular weight excluding hydrogens is 438 g/mol. The van der Waals surface area contributed by atoms with E-state index in [1.807, 2.05) is 0 Å². The number of carbonyl (C=O) groups excluding carboxylic acids is 1. The van der Waals surface area contributed by atoms with Gasteiger partial charge in [0.05, 0.1) is 10.7 Å². The Balaban J connectivity index is 2.13. The first-order valence-electron chi connectivity index (χ1n) is 5.73. The van der Waals surface area contributed by atoms with E-state index in [1.54, 1.807) is 6.07 Å². The Kier molecular flexibility index (Phi) is 5.79. The molecule has 2 aromatic rings. The average Bonchev–Trinajstić information content (AvgIpc) is 2.80. The molecule has 3 N–H and O–H groups in total. The van der Waals surface area contributed by atoms with Crippen LogP contribution in [0.5, 0.6) is 0 Å². The Morgan fingerprint density at radius 1 is 1.39 bits per heavy atom. The van der Waals surface area contributed by atoms with E-state index in [2.05, 4.69) is 36.0 Å². The Labute approximate surface area is 147 Å². The van der Waals surface area contributed by atoms with E-state index in [1.165, 1.54) is 12.1 Å². The fraction of sp³-hybridized carbons (Fsp3) is 0.100. The first kappa shape index (κ1) is 18.3. The van der Waals surface area contributed by atoms with Crippen molar-refractivity contribution in [1.82, 2.24) is 15.0 Å². The second-order valence-corrected chi connectivity index (χ2v) is 6.87. The van der Waals surface area contributed by atoms with Crippen molar-refractivity contribution in [2.75, 3.05) is 5.32 Å². The molecule has 1 aromatic heterocycles. The van der Waals surface area contributed by atoms with Gasteiger partial charge in [-0.25, -0.2) is 4.57 Å². The molecule has 124 valence electrons. The first-order chi connectivity index (χ1) is 10.7. The normalized spacial score (nSPS) is 11.5. The number of nitrogens with one attached hydrogen (secondary N) is 1. The van der Waals surface area contributed by atoms with Crippen molar-refractivity contribution in [2.24, 2.45) is 0 Å². The summed E-state index contributed by atoms with van der Waals surface area (Å²) in [6.07, 6.45) is 0. The van der Waals surface area contributed by atoms with Crippen LogP contribution in [0.4, 0.5) is 5.69 Å². The van der Waals surface area contributed by atoms with Crippen molar-refractivity contribution in [2.45, 2.75) is 6.73 Å². The number of anilines is 1. The van der Waals surface area contributed by atoms with Crippen LogP contribution in [0.25, 0.3) is 0 Å². The van der Waals surface area contributed by atoms with Gasteiger partial charge in [0.15, 0.2) is 17.0 Å². The summed E-state index contributed by atoms with van der Waals surface area (Å²) in [7, 11) is -4.67. The van der Waals surface area contributed by atoms with Gasteiger partial charge in [-0.1, -0.05) is 23.2 Å². The van der Waals surface area contributed by atoms with Crippen molar-refractivity contribution in [3.8, 4) is 0 Å². The molecule has 0 atom stereocenters. The smallest absolute Gasteiger partial charge is 0.319 e. The van der Waals surface area contributed by atoms with Gasteiger partial charge >= 0.3 is 7.82 Å². The number of phosphoric acid groups is 1. The van der Waals surface area contributed by atoms with Gasteiger partial charge in [0.1, 0.15) is 0 Å². The predicted octanol–water partition coefficient (Wildman–Crippen LogP) is 2.67. The molecule has 0 fully saturated rings. The summed E-state index contributed by atoms with van der Waals surface area (Å²) in [4.78, 5) is 30.2. The molecule has 23 heavy (non-hydrogen) atoms. The second-order valence-electron chi connectivity index (χ2n) is 4.04. The maximum absolute atomic E-state index is 12.1. The number of phosphoric ester groups is 1. The zero-order valence-corrected chi connectivity index (χ0v) is 15.0. The van der Waals surface area contributed by atoms with E-state index in [0.717, 1.165) is 4.80 Å². The molecule has 13 heteroatoms. The monoisotopic (exact) mass is 444 g/mol. The molecule has 1 amide bonds. The zero-order chi connectivity index (χ0) is 17.2. The summed E-state index contributed by atoms with van der Waals surface area (Å²) >= 11 is 14.7. The number of amides is 1. The van der Waals surface area contributed by atoms with E-state index in [4.69, 9.17) is 33.0 Å². The van der Waals surface area contributed by atoms with Gasteiger partial charge in [0.25, 0.3) is 5.91 Å². The van der Waals surface area contributed by atoms with Crippen molar-refractivity contribution in [1.29, 1.82) is 0 Å². The molecule has 0 unspecified atom stereocenters. The number of hydrogen-bond acceptors (Lipinski definition) is 5. The van der Waals surface area contributed by atoms with E-state index in [9.17, 15) is 9.36 Å². The van der Waals surface area contributed by atoms with Gasteiger partial charge in [-0.3, -0.25) is 9.32 Å². The van der Waals surface area contributed by atoms with Gasteiger partial charge in [-0.15, -0.1) is 10.2 Å². The minimum absolute atomic E-state index is 0.0643. The molecular formula is C10H8BrCl2N4O5P. The summed E-state index contributed by atoms with van der Waals surface area (Å²) in [5, 5.41) is 10.7. The van der Waals surface area contributed by atoms with Crippen LogP contribution in [0, 0.1) is 0 Å². The lowest BCUT2D eigenvalue weighted by molar-refractivity contribution is 0.101. The maximum Gasteiger partial charge on any atom is 0.471 e. The molecule has 0 bridgehead atoms. The van der Waals surface area contributed by atoms with Gasteiger partial charge in [-0.05, 0) is 34.1 Å². The summed E-state index contributed by atoms with van der Waals surface area (Å²) in [6.45, 7) is -0.627. The Morgan fingerprint density at radius 3 is 2.70 bits per heavy atom. The molecule has 1 aromatic carbocycles.